The van der Waals surface area contributed by atoms with Gasteiger partial charge in [0.1, 0.15) is 0 Å². The molecule has 0 aliphatic carbocycles. The fraction of sp³-hybridized carbons (Fsp3) is 0.562. The zero-order valence-electron chi connectivity index (χ0n) is 12.2. The summed E-state index contributed by atoms with van der Waals surface area (Å²) < 4.78 is 0. The predicted octanol–water partition coefficient (Wildman–Crippen LogP) is 3.30. The molecule has 19 heavy (non-hydrogen) atoms. The lowest BCUT2D eigenvalue weighted by atomic mass is 10.0. The number of carbonyl (C=O) groups excluding carboxylic acids is 1. The first-order chi connectivity index (χ1) is 9.11. The Morgan fingerprint density at radius 2 is 2.11 bits per heavy atom. The topological polar surface area (TPSA) is 32.3 Å². The normalized spacial score (nSPS) is 19.9. The molecule has 1 aliphatic rings. The second kappa shape index (κ2) is 6.09. The first-order valence-corrected chi connectivity index (χ1v) is 7.19. The molecule has 1 amide bonds. The highest BCUT2D eigenvalue weighted by Crippen LogP contribution is 2.21. The lowest BCUT2D eigenvalue weighted by Crippen LogP contribution is -2.32. The zero-order valence-corrected chi connectivity index (χ0v) is 12.2. The van der Waals surface area contributed by atoms with Crippen LogP contribution in [0.1, 0.15) is 42.1 Å². The van der Waals surface area contributed by atoms with Crippen LogP contribution in [0.3, 0.4) is 0 Å². The van der Waals surface area contributed by atoms with Crippen LogP contribution in [-0.4, -0.2) is 30.9 Å². The Morgan fingerprint density at radius 3 is 2.79 bits per heavy atom. The van der Waals surface area contributed by atoms with Crippen molar-refractivity contribution in [3.05, 3.63) is 29.3 Å². The van der Waals surface area contributed by atoms with Crippen molar-refractivity contribution >= 4 is 11.6 Å². The van der Waals surface area contributed by atoms with E-state index >= 15 is 0 Å². The average molecular weight is 260 g/mol. The number of carbonyl (C=O) groups is 1. The second-order valence-electron chi connectivity index (χ2n) is 5.61. The zero-order chi connectivity index (χ0) is 13.8. The summed E-state index contributed by atoms with van der Waals surface area (Å²) in [6, 6.07) is 5.95. The van der Waals surface area contributed by atoms with E-state index in [1.165, 1.54) is 6.42 Å². The van der Waals surface area contributed by atoms with Crippen LogP contribution in [0.25, 0.3) is 0 Å². The van der Waals surface area contributed by atoms with Gasteiger partial charge in [-0.05, 0) is 55.9 Å². The fourth-order valence-electron chi connectivity index (χ4n) is 2.70. The van der Waals surface area contributed by atoms with Gasteiger partial charge in [0.2, 0.25) is 0 Å². The van der Waals surface area contributed by atoms with Crippen LogP contribution in [0.15, 0.2) is 18.2 Å². The van der Waals surface area contributed by atoms with Crippen LogP contribution in [0.5, 0.6) is 0 Å². The van der Waals surface area contributed by atoms with Gasteiger partial charge < -0.3 is 10.2 Å². The molecule has 3 heteroatoms. The summed E-state index contributed by atoms with van der Waals surface area (Å²) >= 11 is 0. The Hall–Kier alpha value is -1.51. The lowest BCUT2D eigenvalue weighted by molar-refractivity contribution is 0.0759. The van der Waals surface area contributed by atoms with Gasteiger partial charge >= 0.3 is 0 Å². The molecule has 0 saturated carbocycles. The number of aryl methyl sites for hydroxylation is 1. The second-order valence-corrected chi connectivity index (χ2v) is 5.61. The predicted molar refractivity (Wildman–Crippen MR) is 79.6 cm³/mol. The minimum absolute atomic E-state index is 0.189. The van der Waals surface area contributed by atoms with Crippen molar-refractivity contribution in [2.24, 2.45) is 5.92 Å². The summed E-state index contributed by atoms with van der Waals surface area (Å²) in [7, 11) is 1.90. The number of hydrogen-bond donors (Lipinski definition) is 1. The minimum Gasteiger partial charge on any atom is -0.388 e. The van der Waals surface area contributed by atoms with Gasteiger partial charge in [0, 0.05) is 31.4 Å². The van der Waals surface area contributed by atoms with Crippen molar-refractivity contribution in [1.29, 1.82) is 0 Å². The van der Waals surface area contributed by atoms with E-state index in [4.69, 9.17) is 0 Å². The molecule has 0 spiro atoms. The highest BCUT2D eigenvalue weighted by atomic mass is 16.2. The molecule has 1 unspecified atom stereocenters. The third-order valence-electron chi connectivity index (χ3n) is 4.05. The van der Waals surface area contributed by atoms with Crippen LogP contribution in [-0.2, 0) is 0 Å². The summed E-state index contributed by atoms with van der Waals surface area (Å²) in [4.78, 5) is 14.6. The van der Waals surface area contributed by atoms with Crippen molar-refractivity contribution in [2.75, 3.05) is 25.5 Å². The summed E-state index contributed by atoms with van der Waals surface area (Å²) in [5, 5.41) is 3.10. The van der Waals surface area contributed by atoms with Crippen LogP contribution < -0.4 is 5.32 Å². The average Bonchev–Trinajstić information content (AvgIpc) is 2.62. The molecule has 1 aromatic rings. The van der Waals surface area contributed by atoms with Gasteiger partial charge in [-0.1, -0.05) is 6.92 Å². The monoisotopic (exact) mass is 260 g/mol. The minimum atomic E-state index is 0.189. The van der Waals surface area contributed by atoms with Crippen LogP contribution in [0.4, 0.5) is 5.69 Å². The fourth-order valence-corrected chi connectivity index (χ4v) is 2.70. The Labute approximate surface area is 116 Å². The number of rotatable bonds is 2. The largest absolute Gasteiger partial charge is 0.388 e. The van der Waals surface area contributed by atoms with Gasteiger partial charge in [-0.3, -0.25) is 4.79 Å². The maximum Gasteiger partial charge on any atom is 0.254 e. The maximum atomic E-state index is 12.6. The Kier molecular flexibility index (Phi) is 4.46. The van der Waals surface area contributed by atoms with Crippen LogP contribution in [0, 0.1) is 12.8 Å². The smallest absolute Gasteiger partial charge is 0.254 e. The molecule has 1 heterocycles. The summed E-state index contributed by atoms with van der Waals surface area (Å²) in [5.74, 6) is 0.930. The van der Waals surface area contributed by atoms with Crippen molar-refractivity contribution in [3.8, 4) is 0 Å². The molecular formula is C16H24N2O. The first kappa shape index (κ1) is 13.9. The lowest BCUT2D eigenvalue weighted by Gasteiger charge is -2.21. The molecule has 104 valence electrons. The van der Waals surface area contributed by atoms with E-state index in [1.807, 2.05) is 37.1 Å². The van der Waals surface area contributed by atoms with Gasteiger partial charge in [0.15, 0.2) is 0 Å². The summed E-state index contributed by atoms with van der Waals surface area (Å²) in [6.45, 7) is 6.08. The van der Waals surface area contributed by atoms with E-state index in [0.29, 0.717) is 0 Å². The van der Waals surface area contributed by atoms with Gasteiger partial charge in [-0.15, -0.1) is 0 Å². The van der Waals surface area contributed by atoms with E-state index in [-0.39, 0.29) is 5.91 Å². The SMILES string of the molecule is CNc1ccc(C(=O)N2CCCC(C)CC2)c(C)c1. The number of nitrogens with one attached hydrogen (secondary N) is 1. The Balaban J connectivity index is 2.14. The van der Waals surface area contributed by atoms with E-state index < -0.39 is 0 Å². The van der Waals surface area contributed by atoms with Crippen molar-refractivity contribution in [3.63, 3.8) is 0 Å². The van der Waals surface area contributed by atoms with Gasteiger partial charge in [0.05, 0.1) is 0 Å². The maximum absolute atomic E-state index is 12.6. The third-order valence-corrected chi connectivity index (χ3v) is 4.05. The molecule has 1 fully saturated rings. The van der Waals surface area contributed by atoms with Crippen molar-refractivity contribution < 1.29 is 4.79 Å². The number of nitrogens with zero attached hydrogens (tertiary/aromatic N) is 1. The molecule has 2 rings (SSSR count). The van der Waals surface area contributed by atoms with Gasteiger partial charge in [-0.2, -0.15) is 0 Å². The molecule has 0 radical (unpaired) electrons. The van der Waals surface area contributed by atoms with E-state index in [9.17, 15) is 4.79 Å². The highest BCUT2D eigenvalue weighted by molar-refractivity contribution is 5.96. The molecule has 1 aromatic carbocycles. The first-order valence-electron chi connectivity index (χ1n) is 7.19. The number of benzene rings is 1. The summed E-state index contributed by atoms with van der Waals surface area (Å²) in [6.07, 6.45) is 3.49. The molecule has 1 N–H and O–H groups in total. The number of likely N-dealkylation sites (tertiary alicyclic amines) is 1. The highest BCUT2D eigenvalue weighted by Gasteiger charge is 2.20. The quantitative estimate of drug-likeness (QED) is 0.885. The van der Waals surface area contributed by atoms with E-state index in [1.54, 1.807) is 0 Å². The molecule has 1 atom stereocenters. The summed E-state index contributed by atoms with van der Waals surface area (Å²) in [5.41, 5.74) is 2.95. The van der Waals surface area contributed by atoms with Crippen LogP contribution in [0.2, 0.25) is 0 Å². The number of anilines is 1. The van der Waals surface area contributed by atoms with Crippen molar-refractivity contribution in [2.45, 2.75) is 33.1 Å². The molecule has 1 saturated heterocycles. The molecule has 0 bridgehead atoms. The van der Waals surface area contributed by atoms with Gasteiger partial charge in [-0.25, -0.2) is 0 Å². The Morgan fingerprint density at radius 1 is 1.32 bits per heavy atom. The standard InChI is InChI=1S/C16H24N2O/c1-12-5-4-9-18(10-8-12)16(19)15-7-6-14(17-3)11-13(15)2/h6-7,11-12,17H,4-5,8-10H2,1-3H3. The molecule has 3 nitrogen and oxygen atoms in total. The van der Waals surface area contributed by atoms with Gasteiger partial charge in [0.25, 0.3) is 5.91 Å². The third kappa shape index (κ3) is 3.28. The molecule has 0 aromatic heterocycles. The molecule has 1 aliphatic heterocycles. The number of hydrogen-bond acceptors (Lipinski definition) is 2. The van der Waals surface area contributed by atoms with E-state index in [0.717, 1.165) is 48.7 Å². The number of amides is 1. The molecular weight excluding hydrogens is 236 g/mol. The van der Waals surface area contributed by atoms with E-state index in [2.05, 4.69) is 12.2 Å². The van der Waals surface area contributed by atoms with Crippen LogP contribution >= 0.6 is 0 Å². The van der Waals surface area contributed by atoms with Crippen molar-refractivity contribution in [1.82, 2.24) is 4.90 Å². The Bertz CT molecular complexity index is 456.